The Labute approximate surface area is 188 Å². The number of methoxy groups -OCH3 is 1. The molecule has 8 nitrogen and oxygen atoms in total. The highest BCUT2D eigenvalue weighted by atomic mass is 32.2. The molecule has 1 aliphatic rings. The van der Waals surface area contributed by atoms with Gasteiger partial charge in [-0.1, -0.05) is 18.2 Å². The molecule has 0 atom stereocenters. The van der Waals surface area contributed by atoms with Crippen LogP contribution in [0.25, 0.3) is 11.4 Å². The fourth-order valence-corrected chi connectivity index (χ4v) is 5.63. The number of thiophene rings is 1. The van der Waals surface area contributed by atoms with Crippen LogP contribution in [0.2, 0.25) is 0 Å². The highest BCUT2D eigenvalue weighted by molar-refractivity contribution is 7.99. The van der Waals surface area contributed by atoms with Gasteiger partial charge in [0.25, 0.3) is 0 Å². The minimum atomic E-state index is -0.392. The number of hydrogen-bond donors (Lipinski definition) is 1. The van der Waals surface area contributed by atoms with Crippen LogP contribution in [0.4, 0.5) is 5.00 Å². The topological polar surface area (TPSA) is 99.0 Å². The number of anilines is 1. The summed E-state index contributed by atoms with van der Waals surface area (Å²) in [5.41, 5.74) is 2.41. The van der Waals surface area contributed by atoms with E-state index in [9.17, 15) is 9.59 Å². The van der Waals surface area contributed by atoms with Gasteiger partial charge in [0.15, 0.2) is 11.0 Å². The molecule has 0 saturated carbocycles. The molecule has 162 valence electrons. The van der Waals surface area contributed by atoms with Gasteiger partial charge < -0.3 is 14.6 Å². The molecule has 0 saturated heterocycles. The number of pyridine rings is 1. The van der Waals surface area contributed by atoms with Gasteiger partial charge in [0.2, 0.25) is 5.91 Å². The Hall–Kier alpha value is -2.72. The van der Waals surface area contributed by atoms with Gasteiger partial charge in [-0.25, -0.2) is 4.79 Å². The SMILES string of the molecule is COC(=O)c1c(NC(=O)CSc2nnc(-c3cccnc3)n2C)sc2c1CCCCC2. The lowest BCUT2D eigenvalue weighted by atomic mass is 10.1. The number of ether oxygens (including phenoxy) is 1. The van der Waals surface area contributed by atoms with Crippen LogP contribution in [0.15, 0.2) is 29.7 Å². The average Bonchev–Trinajstić information content (AvgIpc) is 3.23. The van der Waals surface area contributed by atoms with Gasteiger partial charge in [0.05, 0.1) is 18.4 Å². The van der Waals surface area contributed by atoms with Gasteiger partial charge in [-0.05, 0) is 43.4 Å². The van der Waals surface area contributed by atoms with E-state index in [0.717, 1.165) is 43.2 Å². The summed E-state index contributed by atoms with van der Waals surface area (Å²) in [4.78, 5) is 30.4. The molecule has 0 radical (unpaired) electrons. The zero-order valence-electron chi connectivity index (χ0n) is 17.4. The summed E-state index contributed by atoms with van der Waals surface area (Å²) in [6, 6.07) is 3.75. The monoisotopic (exact) mass is 457 g/mol. The Morgan fingerprint density at radius 1 is 1.26 bits per heavy atom. The summed E-state index contributed by atoms with van der Waals surface area (Å²) >= 11 is 2.78. The molecular weight excluding hydrogens is 434 g/mol. The van der Waals surface area contributed by atoms with Gasteiger partial charge in [-0.3, -0.25) is 9.78 Å². The van der Waals surface area contributed by atoms with Crippen LogP contribution in [0.3, 0.4) is 0 Å². The van der Waals surface area contributed by atoms with Crippen molar-refractivity contribution in [3.05, 3.63) is 40.5 Å². The van der Waals surface area contributed by atoms with Crippen LogP contribution in [-0.2, 0) is 29.4 Å². The lowest BCUT2D eigenvalue weighted by Gasteiger charge is -2.07. The van der Waals surface area contributed by atoms with Crippen molar-refractivity contribution >= 4 is 40.0 Å². The number of fused-ring (bicyclic) bond motifs is 1. The number of nitrogens with one attached hydrogen (secondary N) is 1. The first-order valence-corrected chi connectivity index (χ1v) is 11.8. The Bertz CT molecular complexity index is 1090. The number of carbonyl (C=O) groups excluding carboxylic acids is 2. The third kappa shape index (κ3) is 4.64. The van der Waals surface area contributed by atoms with Crippen LogP contribution >= 0.6 is 23.1 Å². The van der Waals surface area contributed by atoms with Gasteiger partial charge in [0.1, 0.15) is 5.00 Å². The second kappa shape index (κ2) is 9.61. The number of carbonyl (C=O) groups is 2. The Morgan fingerprint density at radius 3 is 2.87 bits per heavy atom. The number of nitrogens with zero attached hydrogens (tertiary/aromatic N) is 4. The maximum absolute atomic E-state index is 12.7. The summed E-state index contributed by atoms with van der Waals surface area (Å²) < 4.78 is 6.83. The fourth-order valence-electron chi connectivity index (χ4n) is 3.63. The van der Waals surface area contributed by atoms with E-state index in [1.807, 2.05) is 23.7 Å². The molecule has 0 unspecified atom stereocenters. The largest absolute Gasteiger partial charge is 0.465 e. The van der Waals surface area contributed by atoms with Crippen molar-refractivity contribution < 1.29 is 14.3 Å². The minimum absolute atomic E-state index is 0.155. The van der Waals surface area contributed by atoms with E-state index in [4.69, 9.17) is 4.74 Å². The normalized spacial score (nSPS) is 13.4. The molecule has 0 aromatic carbocycles. The number of thioether (sulfide) groups is 1. The number of esters is 1. The molecule has 0 bridgehead atoms. The molecule has 3 aromatic heterocycles. The van der Waals surface area contributed by atoms with E-state index in [1.165, 1.54) is 35.1 Å². The van der Waals surface area contributed by atoms with E-state index in [-0.39, 0.29) is 11.7 Å². The summed E-state index contributed by atoms with van der Waals surface area (Å²) in [6.45, 7) is 0. The molecule has 4 rings (SSSR count). The molecule has 0 spiro atoms. The van der Waals surface area contributed by atoms with Crippen molar-refractivity contribution in [3.63, 3.8) is 0 Å². The zero-order chi connectivity index (χ0) is 21.8. The lowest BCUT2D eigenvalue weighted by Crippen LogP contribution is -2.16. The first-order valence-electron chi connectivity index (χ1n) is 10.0. The van der Waals surface area contributed by atoms with Crippen molar-refractivity contribution in [3.8, 4) is 11.4 Å². The van der Waals surface area contributed by atoms with Gasteiger partial charge in [-0.15, -0.1) is 21.5 Å². The van der Waals surface area contributed by atoms with Crippen LogP contribution < -0.4 is 5.32 Å². The quantitative estimate of drug-likeness (QED) is 0.342. The predicted molar refractivity (Wildman–Crippen MR) is 121 cm³/mol. The number of aryl methyl sites for hydroxylation is 1. The smallest absolute Gasteiger partial charge is 0.341 e. The van der Waals surface area contributed by atoms with E-state index in [2.05, 4.69) is 20.5 Å². The molecule has 3 aromatic rings. The molecular formula is C21H23N5O3S2. The van der Waals surface area contributed by atoms with Gasteiger partial charge in [0, 0.05) is 29.9 Å². The fraction of sp³-hybridized carbons (Fsp3) is 0.381. The zero-order valence-corrected chi connectivity index (χ0v) is 19.0. The number of hydrogen-bond acceptors (Lipinski definition) is 8. The molecule has 31 heavy (non-hydrogen) atoms. The minimum Gasteiger partial charge on any atom is -0.465 e. The number of rotatable bonds is 6. The van der Waals surface area contributed by atoms with Crippen LogP contribution in [0.5, 0.6) is 0 Å². The van der Waals surface area contributed by atoms with Crippen molar-refractivity contribution in [1.29, 1.82) is 0 Å². The standard InChI is InChI=1S/C21H23N5O3S2/c1-26-18(13-7-6-10-22-11-13)24-25-21(26)30-12-16(27)23-19-17(20(28)29-2)14-8-4-3-5-9-15(14)31-19/h6-7,10-11H,3-5,8-9,12H2,1-2H3,(H,23,27). The maximum atomic E-state index is 12.7. The molecule has 0 aliphatic heterocycles. The number of amides is 1. The van der Waals surface area contributed by atoms with Crippen molar-refractivity contribution in [2.45, 2.75) is 37.3 Å². The highest BCUT2D eigenvalue weighted by Crippen LogP contribution is 2.38. The van der Waals surface area contributed by atoms with Gasteiger partial charge >= 0.3 is 5.97 Å². The maximum Gasteiger partial charge on any atom is 0.341 e. The first kappa shape index (κ1) is 21.5. The molecule has 1 N–H and O–H groups in total. The summed E-state index contributed by atoms with van der Waals surface area (Å²) in [7, 11) is 3.23. The molecule has 3 heterocycles. The van der Waals surface area contributed by atoms with Crippen LogP contribution in [-0.4, -0.2) is 44.5 Å². The average molecular weight is 458 g/mol. The second-order valence-electron chi connectivity index (χ2n) is 7.20. The number of aromatic nitrogens is 4. The van der Waals surface area contributed by atoms with Gasteiger partial charge in [-0.2, -0.15) is 0 Å². The molecule has 0 fully saturated rings. The molecule has 1 aliphatic carbocycles. The van der Waals surface area contributed by atoms with Crippen molar-refractivity contribution in [2.24, 2.45) is 7.05 Å². The Morgan fingerprint density at radius 2 is 2.10 bits per heavy atom. The van der Waals surface area contributed by atoms with Crippen LogP contribution in [0, 0.1) is 0 Å². The first-order chi connectivity index (χ1) is 15.1. The lowest BCUT2D eigenvalue weighted by molar-refractivity contribution is -0.113. The Kier molecular flexibility index (Phi) is 6.67. The predicted octanol–water partition coefficient (Wildman–Crippen LogP) is 3.72. The van der Waals surface area contributed by atoms with Crippen LogP contribution in [0.1, 0.15) is 40.1 Å². The van der Waals surface area contributed by atoms with E-state index in [0.29, 0.717) is 21.5 Å². The molecule has 1 amide bonds. The second-order valence-corrected chi connectivity index (χ2v) is 9.25. The van der Waals surface area contributed by atoms with E-state index < -0.39 is 5.97 Å². The summed E-state index contributed by atoms with van der Waals surface area (Å²) in [5, 5.41) is 12.5. The third-order valence-corrected chi connectivity index (χ3v) is 7.38. The third-order valence-electron chi connectivity index (χ3n) is 5.15. The Balaban J connectivity index is 1.46. The van der Waals surface area contributed by atoms with E-state index in [1.54, 1.807) is 12.4 Å². The van der Waals surface area contributed by atoms with Crippen molar-refractivity contribution in [1.82, 2.24) is 19.7 Å². The molecule has 10 heteroatoms. The highest BCUT2D eigenvalue weighted by Gasteiger charge is 2.26. The summed E-state index contributed by atoms with van der Waals surface area (Å²) in [5.74, 6) is 0.252. The summed E-state index contributed by atoms with van der Waals surface area (Å²) in [6.07, 6.45) is 8.50. The van der Waals surface area contributed by atoms with Crippen molar-refractivity contribution in [2.75, 3.05) is 18.2 Å². The van der Waals surface area contributed by atoms with E-state index >= 15 is 0 Å².